The third kappa shape index (κ3) is 25.3. The van der Waals surface area contributed by atoms with Crippen molar-refractivity contribution >= 4 is 82.9 Å². The summed E-state index contributed by atoms with van der Waals surface area (Å²) in [5.41, 5.74) is 4.76. The first-order valence-electron chi connectivity index (χ1n) is 40.1. The molecule has 0 unspecified atom stereocenters. The van der Waals surface area contributed by atoms with Crippen LogP contribution >= 0.6 is 47.0 Å². The summed E-state index contributed by atoms with van der Waals surface area (Å²) in [5.74, 6) is -2.01. The van der Waals surface area contributed by atoms with Crippen LogP contribution in [0.1, 0.15) is 194 Å². The number of thioether (sulfide) groups is 4. The summed E-state index contributed by atoms with van der Waals surface area (Å²) >= 11 is 4.50. The molecule has 116 heavy (non-hydrogen) atoms. The van der Waals surface area contributed by atoms with Crippen molar-refractivity contribution in [3.05, 3.63) is 173 Å². The summed E-state index contributed by atoms with van der Waals surface area (Å²) in [7, 11) is 2.99. The number of hydrogen-bond acceptors (Lipinski definition) is 26. The molecule has 0 aromatic heterocycles. The van der Waals surface area contributed by atoms with Gasteiger partial charge in [-0.15, -0.1) is 0 Å². The van der Waals surface area contributed by atoms with E-state index in [1.54, 1.807) is 84.9 Å². The molecular weight excluding hydrogens is 1560 g/mol. The van der Waals surface area contributed by atoms with E-state index in [2.05, 4.69) is 27.7 Å². The van der Waals surface area contributed by atoms with Crippen molar-refractivity contribution in [1.29, 1.82) is 10.5 Å². The molecule has 0 saturated carbocycles. The van der Waals surface area contributed by atoms with Gasteiger partial charge in [0.15, 0.2) is 34.1 Å². The van der Waals surface area contributed by atoms with Crippen LogP contribution in [-0.4, -0.2) is 143 Å². The predicted molar refractivity (Wildman–Crippen MR) is 443 cm³/mol. The van der Waals surface area contributed by atoms with E-state index in [4.69, 9.17) is 66.3 Å². The molecule has 4 aliphatic heterocycles. The number of benzene rings is 6. The second-order valence-corrected chi connectivity index (χ2v) is 33.5. The molecule has 2 fully saturated rings. The van der Waals surface area contributed by atoms with Gasteiger partial charge in [-0.1, -0.05) is 137 Å². The number of nitriles is 2. The monoisotopic (exact) mass is 1660 g/mol. The Hall–Kier alpha value is -8.96. The maximum absolute atomic E-state index is 14.0. The van der Waals surface area contributed by atoms with Gasteiger partial charge in [0, 0.05) is 46.7 Å². The molecule has 0 aliphatic carbocycles. The zero-order chi connectivity index (χ0) is 82.1. The van der Waals surface area contributed by atoms with Crippen molar-refractivity contribution < 1.29 is 95.1 Å². The summed E-state index contributed by atoms with van der Waals surface area (Å²) in [5, 5.41) is 21.1. The third-order valence-electron chi connectivity index (χ3n) is 20.3. The number of nitrogens with zero attached hydrogens (tertiary/aromatic N) is 2. The summed E-state index contributed by atoms with van der Waals surface area (Å²) in [6.45, 7) is 15.3. The van der Waals surface area contributed by atoms with Gasteiger partial charge in [0.25, 0.3) is 0 Å². The Labute approximate surface area is 697 Å². The van der Waals surface area contributed by atoms with Crippen molar-refractivity contribution in [2.24, 2.45) is 10.8 Å². The van der Waals surface area contributed by atoms with Crippen molar-refractivity contribution in [2.75, 3.05) is 107 Å². The van der Waals surface area contributed by atoms with Gasteiger partial charge in [0.2, 0.25) is 0 Å². The standard InChI is InChI=1S/C90H104N2O20S4/c1-7-23-61-25-29-65(30-26-61)81(93)109-49-41-63-33-39-73(111-83(95)67-35-37-71(75(51-67)99-5)105-45-19-13-11-17-43-101-55-89(9-3)57-103-58-89)79-77(63)113-87(115-79)69(53-91)85(97)107-47-21-15-16-22-48-108-86(98)70(54-92)88-114-78-64(42-50-110-82(94)66-31-27-62(24-8-2)28-32-66)34-40-74(80(78)116-88)112-84(96)68-36-38-72(76(52-68)100-6)106-46-20-14-12-18-44-102-56-90(10-4)59-104-60-90/h25-40,51-52H,7-24,41-50,55-60H2,1-6H3/b87-69+,88-70+. The van der Waals surface area contributed by atoms with E-state index >= 15 is 0 Å². The van der Waals surface area contributed by atoms with E-state index in [0.29, 0.717) is 114 Å². The normalized spacial score (nSPS) is 14.9. The van der Waals surface area contributed by atoms with Crippen molar-refractivity contribution in [3.8, 4) is 46.6 Å². The Morgan fingerprint density at radius 3 is 1.08 bits per heavy atom. The number of esters is 6. The Bertz CT molecular complexity index is 4210. The van der Waals surface area contributed by atoms with E-state index < -0.39 is 35.8 Å². The highest BCUT2D eigenvalue weighted by Gasteiger charge is 2.39. The molecule has 26 heteroatoms. The lowest BCUT2D eigenvalue weighted by Crippen LogP contribution is -2.45. The first kappa shape index (κ1) is 89.4. The van der Waals surface area contributed by atoms with Gasteiger partial charge < -0.3 is 66.3 Å². The van der Waals surface area contributed by atoms with Crippen LogP contribution in [0, 0.1) is 33.5 Å². The minimum absolute atomic E-state index is 0.0112. The first-order chi connectivity index (χ1) is 56.6. The molecular formula is C90H104N2O20S4. The fourth-order valence-electron chi connectivity index (χ4n) is 13.0. The number of rotatable bonds is 49. The smallest absolute Gasteiger partial charge is 0.350 e. The Kier molecular flexibility index (Phi) is 35.6. The van der Waals surface area contributed by atoms with Gasteiger partial charge in [-0.25, -0.2) is 28.8 Å². The molecule has 618 valence electrons. The molecule has 4 heterocycles. The predicted octanol–water partition coefficient (Wildman–Crippen LogP) is 18.8. The Morgan fingerprint density at radius 2 is 0.733 bits per heavy atom. The lowest BCUT2D eigenvalue weighted by atomic mass is 9.84. The van der Waals surface area contributed by atoms with Crippen molar-refractivity contribution in [1.82, 2.24) is 0 Å². The van der Waals surface area contributed by atoms with Gasteiger partial charge in [0.1, 0.15) is 23.6 Å². The molecule has 22 nitrogen and oxygen atoms in total. The second-order valence-electron chi connectivity index (χ2n) is 28.9. The molecule has 0 N–H and O–H groups in total. The summed E-state index contributed by atoms with van der Waals surface area (Å²) in [6.07, 6.45) is 15.7. The van der Waals surface area contributed by atoms with Crippen LogP contribution in [0.2, 0.25) is 0 Å². The second kappa shape index (κ2) is 46.3. The molecule has 0 radical (unpaired) electrons. The van der Waals surface area contributed by atoms with E-state index in [0.717, 1.165) is 199 Å². The highest BCUT2D eigenvalue weighted by Crippen LogP contribution is 2.59. The number of carbonyl (C=O) groups excluding carboxylic acids is 6. The average Bonchev–Trinajstić information content (AvgIpc) is 1.63. The fraction of sp³-hybridized carbons (Fsp3) is 0.467. The SMILES string of the molecule is CCCc1ccc(C(=O)OCCc2ccc(OC(=O)c3ccc(OCCCCCCOCC4(CC)COC4)c(OC)c3)c3c2S/C(=C(/C#N)C(=O)OCCCCCCOC(=O)/C(C#N)=C2\Sc4c(CCOC(=O)c5ccc(CCC)cc5)ccc(OC(=O)c5ccc(OCCCCCCOCC6(CC)COC6)c(OC)c5)c4S2)S3)cc1. The molecule has 4 aliphatic rings. The highest BCUT2D eigenvalue weighted by atomic mass is 32.2. The van der Waals surface area contributed by atoms with Crippen LogP contribution < -0.4 is 28.4 Å². The van der Waals surface area contributed by atoms with Crippen LogP contribution in [0.3, 0.4) is 0 Å². The highest BCUT2D eigenvalue weighted by molar-refractivity contribution is 8.25. The summed E-state index contributed by atoms with van der Waals surface area (Å²) in [6, 6.07) is 35.2. The Balaban J connectivity index is 0.717. The molecule has 2 saturated heterocycles. The molecule has 6 aromatic rings. The molecule has 0 spiro atoms. The summed E-state index contributed by atoms with van der Waals surface area (Å²) < 4.78 is 81.8. The zero-order valence-electron chi connectivity index (χ0n) is 67.1. The Morgan fingerprint density at radius 1 is 0.379 bits per heavy atom. The lowest BCUT2D eigenvalue weighted by Gasteiger charge is -2.40. The number of methoxy groups -OCH3 is 2. The minimum atomic E-state index is -0.846. The van der Waals surface area contributed by atoms with Gasteiger partial charge in [-0.3, -0.25) is 0 Å². The first-order valence-corrected chi connectivity index (χ1v) is 43.4. The molecule has 0 bridgehead atoms. The fourth-order valence-corrected chi connectivity index (χ4v) is 18.3. The van der Waals surface area contributed by atoms with Crippen LogP contribution in [-0.2, 0) is 73.2 Å². The topological polar surface area (TPSA) is 279 Å². The summed E-state index contributed by atoms with van der Waals surface area (Å²) in [4.78, 5) is 84.2. The van der Waals surface area contributed by atoms with E-state index in [-0.39, 0.29) is 83.9 Å². The van der Waals surface area contributed by atoms with Gasteiger partial charge in [-0.2, -0.15) is 10.5 Å². The van der Waals surface area contributed by atoms with E-state index in [1.807, 2.05) is 36.4 Å². The maximum atomic E-state index is 14.0. The number of aryl methyl sites for hydroxylation is 2. The number of unbranched alkanes of at least 4 members (excludes halogenated alkanes) is 9. The van der Waals surface area contributed by atoms with Gasteiger partial charge in [-0.05, 0) is 185 Å². The van der Waals surface area contributed by atoms with E-state index in [1.165, 1.54) is 14.2 Å². The van der Waals surface area contributed by atoms with Crippen LogP contribution in [0.15, 0.2) is 148 Å². The van der Waals surface area contributed by atoms with E-state index in [9.17, 15) is 39.3 Å². The molecule has 0 amide bonds. The number of ether oxygens (including phenoxy) is 14. The van der Waals surface area contributed by atoms with Crippen LogP contribution in [0.5, 0.6) is 34.5 Å². The van der Waals surface area contributed by atoms with Crippen molar-refractivity contribution in [2.45, 2.75) is 176 Å². The van der Waals surface area contributed by atoms with Gasteiger partial charge in [0.05, 0.1) is 134 Å². The quantitative estimate of drug-likeness (QED) is 0.00856. The third-order valence-corrected chi connectivity index (χ3v) is 25.7. The number of hydrogen-bond donors (Lipinski definition) is 0. The molecule has 6 aromatic carbocycles. The minimum Gasteiger partial charge on any atom is -0.493 e. The average molecular weight is 1660 g/mol. The molecule has 0 atom stereocenters. The number of fused-ring (bicyclic) bond motifs is 2. The lowest BCUT2D eigenvalue weighted by molar-refractivity contribution is -0.150. The van der Waals surface area contributed by atoms with Crippen LogP contribution in [0.4, 0.5) is 0 Å². The van der Waals surface area contributed by atoms with Crippen LogP contribution in [0.25, 0.3) is 0 Å². The van der Waals surface area contributed by atoms with Crippen molar-refractivity contribution in [3.63, 3.8) is 0 Å². The number of carbonyl (C=O) groups is 6. The zero-order valence-corrected chi connectivity index (χ0v) is 70.4. The molecule has 10 rings (SSSR count). The largest absolute Gasteiger partial charge is 0.493 e. The maximum Gasteiger partial charge on any atom is 0.350 e. The van der Waals surface area contributed by atoms with Gasteiger partial charge >= 0.3 is 35.8 Å².